The minimum Gasteiger partial charge on any atom is -0.354 e. The Morgan fingerprint density at radius 3 is 2.77 bits per heavy atom. The minimum atomic E-state index is -0.360. The average molecular weight is 406 g/mol. The molecular weight excluding hydrogens is 383 g/mol. The average Bonchev–Trinajstić information content (AvgIpc) is 3.32. The molecule has 0 amide bonds. The van der Waals surface area contributed by atoms with Gasteiger partial charge in [-0.05, 0) is 50.6 Å². The van der Waals surface area contributed by atoms with Crippen molar-refractivity contribution in [2.75, 3.05) is 25.0 Å². The number of ketones is 1. The summed E-state index contributed by atoms with van der Waals surface area (Å²) in [6, 6.07) is 8.51. The molecule has 7 nitrogen and oxygen atoms in total. The van der Waals surface area contributed by atoms with E-state index >= 15 is 0 Å². The highest BCUT2D eigenvalue weighted by atomic mass is 19.1. The zero-order valence-corrected chi connectivity index (χ0v) is 17.5. The molecule has 0 spiro atoms. The molecule has 4 rings (SSSR count). The molecule has 0 radical (unpaired) electrons. The summed E-state index contributed by atoms with van der Waals surface area (Å²) in [7, 11) is 1.93. The van der Waals surface area contributed by atoms with Gasteiger partial charge in [-0.2, -0.15) is 9.78 Å². The first-order chi connectivity index (χ1) is 14.3. The van der Waals surface area contributed by atoms with Gasteiger partial charge in [-0.3, -0.25) is 4.79 Å². The molecule has 3 heterocycles. The maximum absolute atomic E-state index is 14.1. The van der Waals surface area contributed by atoms with Crippen LogP contribution in [0.5, 0.6) is 0 Å². The van der Waals surface area contributed by atoms with E-state index in [1.807, 2.05) is 20.0 Å². The fourth-order valence-electron chi connectivity index (χ4n) is 4.10. The zero-order valence-electron chi connectivity index (χ0n) is 17.5. The maximum atomic E-state index is 14.1. The normalized spacial score (nSPS) is 18.7. The quantitative estimate of drug-likeness (QED) is 0.670. The zero-order chi connectivity index (χ0) is 21.6. The van der Waals surface area contributed by atoms with Crippen molar-refractivity contribution in [2.45, 2.75) is 32.7 Å². The number of carbonyl (C=O) groups is 1. The number of hydrogen-bond donors (Lipinski definition) is 1. The Balaban J connectivity index is 2.09. The van der Waals surface area contributed by atoms with E-state index in [2.05, 4.69) is 33.3 Å². The van der Waals surface area contributed by atoms with Crippen molar-refractivity contribution in [3.05, 3.63) is 47.0 Å². The van der Waals surface area contributed by atoms with Crippen LogP contribution in [0.2, 0.25) is 0 Å². The topological polar surface area (TPSA) is 86.3 Å². The second-order valence-corrected chi connectivity index (χ2v) is 8.03. The van der Waals surface area contributed by atoms with Crippen LogP contribution in [-0.2, 0) is 0 Å². The lowest BCUT2D eigenvalue weighted by molar-refractivity contribution is 0.100. The number of carbonyl (C=O) groups excluding carboxylic acids is 1. The minimum absolute atomic E-state index is 0.0547. The first-order valence-corrected chi connectivity index (χ1v) is 9.82. The number of pyridine rings is 1. The van der Waals surface area contributed by atoms with Gasteiger partial charge in [-0.15, -0.1) is 5.10 Å². The van der Waals surface area contributed by atoms with Crippen LogP contribution in [-0.4, -0.2) is 46.1 Å². The van der Waals surface area contributed by atoms with Gasteiger partial charge >= 0.3 is 0 Å². The van der Waals surface area contributed by atoms with Gasteiger partial charge in [0.25, 0.3) is 0 Å². The Kier molecular flexibility index (Phi) is 4.79. The molecule has 1 fully saturated rings. The summed E-state index contributed by atoms with van der Waals surface area (Å²) in [5.41, 5.74) is 2.63. The van der Waals surface area contributed by atoms with Gasteiger partial charge in [-0.1, -0.05) is 12.1 Å². The van der Waals surface area contributed by atoms with Crippen molar-refractivity contribution in [2.24, 2.45) is 0 Å². The van der Waals surface area contributed by atoms with E-state index in [-0.39, 0.29) is 23.0 Å². The van der Waals surface area contributed by atoms with Crippen molar-refractivity contribution in [1.82, 2.24) is 19.9 Å². The summed E-state index contributed by atoms with van der Waals surface area (Å²) in [6.45, 7) is 6.81. The van der Waals surface area contributed by atoms with Gasteiger partial charge < -0.3 is 10.2 Å². The van der Waals surface area contributed by atoms with Gasteiger partial charge in [0.2, 0.25) is 5.82 Å². The van der Waals surface area contributed by atoms with Crippen LogP contribution in [0.1, 0.15) is 42.0 Å². The number of fused-ring (bicyclic) bond motifs is 1. The molecule has 3 aromatic rings. The molecule has 1 aromatic carbocycles. The van der Waals surface area contributed by atoms with E-state index in [4.69, 9.17) is 0 Å². The van der Waals surface area contributed by atoms with Crippen LogP contribution in [0.4, 0.5) is 10.2 Å². The number of nitrogens with one attached hydrogen (secondary N) is 1. The molecule has 1 atom stereocenters. The Hall–Kier alpha value is -3.31. The summed E-state index contributed by atoms with van der Waals surface area (Å²) in [6.07, 6.45) is 0.904. The number of benzene rings is 1. The molecule has 1 aliphatic heterocycles. The Morgan fingerprint density at radius 2 is 2.17 bits per heavy atom. The third-order valence-corrected chi connectivity index (χ3v) is 5.92. The summed E-state index contributed by atoms with van der Waals surface area (Å²) in [5.74, 6) is 0.131. The summed E-state index contributed by atoms with van der Waals surface area (Å²) >= 11 is 0. The first kappa shape index (κ1) is 20.0. The Morgan fingerprint density at radius 1 is 1.40 bits per heavy atom. The number of rotatable bonds is 4. The summed E-state index contributed by atoms with van der Waals surface area (Å²) < 4.78 is 15.7. The first-order valence-electron chi connectivity index (χ1n) is 9.82. The van der Waals surface area contributed by atoms with Crippen molar-refractivity contribution in [1.29, 1.82) is 5.26 Å². The van der Waals surface area contributed by atoms with Gasteiger partial charge in [0.05, 0.1) is 0 Å². The number of hydrogen-bond acceptors (Lipinski definition) is 6. The van der Waals surface area contributed by atoms with Crippen molar-refractivity contribution in [3.63, 3.8) is 0 Å². The molecule has 0 bridgehead atoms. The molecule has 1 N–H and O–H groups in total. The molecule has 1 aliphatic rings. The number of anilines is 1. The number of nitrogens with zero attached hydrogens (tertiary/aromatic N) is 5. The molecule has 0 unspecified atom stereocenters. The Bertz CT molecular complexity index is 1210. The molecule has 0 saturated carbocycles. The third kappa shape index (κ3) is 3.12. The van der Waals surface area contributed by atoms with Crippen LogP contribution in [0.3, 0.4) is 0 Å². The molecular formula is C22H23FN6O. The van der Waals surface area contributed by atoms with E-state index in [0.29, 0.717) is 34.7 Å². The highest BCUT2D eigenvalue weighted by Gasteiger charge is 2.36. The Labute approximate surface area is 174 Å². The lowest BCUT2D eigenvalue weighted by atomic mass is 9.97. The summed E-state index contributed by atoms with van der Waals surface area (Å²) in [4.78, 5) is 18.5. The smallest absolute Gasteiger partial charge is 0.218 e. The van der Waals surface area contributed by atoms with Crippen LogP contribution < -0.4 is 10.2 Å². The summed E-state index contributed by atoms with van der Waals surface area (Å²) in [5, 5.41) is 17.7. The second-order valence-electron chi connectivity index (χ2n) is 8.03. The monoisotopic (exact) mass is 406 g/mol. The fraction of sp³-hybridized carbons (Fsp3) is 0.364. The van der Waals surface area contributed by atoms with Gasteiger partial charge in [-0.25, -0.2) is 9.37 Å². The fourth-order valence-corrected chi connectivity index (χ4v) is 4.10. The molecule has 30 heavy (non-hydrogen) atoms. The van der Waals surface area contributed by atoms with Crippen molar-refractivity contribution in [3.8, 4) is 17.2 Å². The third-order valence-electron chi connectivity index (χ3n) is 5.92. The predicted octanol–water partition coefficient (Wildman–Crippen LogP) is 3.11. The van der Waals surface area contributed by atoms with E-state index in [1.165, 1.54) is 19.1 Å². The molecule has 1 saturated heterocycles. The number of nitriles is 1. The highest BCUT2D eigenvalue weighted by Crippen LogP contribution is 2.39. The van der Waals surface area contributed by atoms with Crippen LogP contribution in [0, 0.1) is 24.1 Å². The van der Waals surface area contributed by atoms with Crippen LogP contribution in [0.15, 0.2) is 24.3 Å². The van der Waals surface area contributed by atoms with Crippen molar-refractivity contribution >= 4 is 17.2 Å². The van der Waals surface area contributed by atoms with E-state index in [1.54, 1.807) is 10.6 Å². The lowest BCUT2D eigenvalue weighted by Crippen LogP contribution is -2.42. The SMILES string of the molecule is CN[C@@]1(C)CCN(c2c(-c3cccc(F)c3)c(C)c(C#N)c3nc(C(C)=O)nn23)C1. The van der Waals surface area contributed by atoms with Crippen LogP contribution >= 0.6 is 0 Å². The van der Waals surface area contributed by atoms with Crippen molar-refractivity contribution < 1.29 is 9.18 Å². The second kappa shape index (κ2) is 7.18. The van der Waals surface area contributed by atoms with E-state index in [0.717, 1.165) is 18.5 Å². The number of likely N-dealkylation sites (N-methyl/N-ethyl adjacent to an activating group) is 1. The lowest BCUT2D eigenvalue weighted by Gasteiger charge is -2.27. The van der Waals surface area contributed by atoms with Crippen LogP contribution in [0.25, 0.3) is 16.8 Å². The maximum Gasteiger partial charge on any atom is 0.218 e. The predicted molar refractivity (Wildman–Crippen MR) is 112 cm³/mol. The number of aromatic nitrogens is 3. The standard InChI is InChI=1S/C22H23FN6O/c1-13-17(11-24)20-26-19(14(2)30)27-29(20)21(28-9-8-22(3,12-28)25-4)18(13)15-6-5-7-16(23)10-15/h5-7,10,25H,8-9,12H2,1-4H3/t22-/m0/s1. The van der Waals surface area contributed by atoms with E-state index in [9.17, 15) is 14.4 Å². The molecule has 8 heteroatoms. The largest absolute Gasteiger partial charge is 0.354 e. The van der Waals surface area contributed by atoms with Gasteiger partial charge in [0, 0.05) is 31.1 Å². The number of Topliss-reactive ketones (excluding diaryl/α,β-unsaturated/α-hetero) is 1. The van der Waals surface area contributed by atoms with Gasteiger partial charge in [0.15, 0.2) is 11.4 Å². The van der Waals surface area contributed by atoms with Gasteiger partial charge in [0.1, 0.15) is 23.3 Å². The molecule has 154 valence electrons. The highest BCUT2D eigenvalue weighted by molar-refractivity contribution is 5.92. The van der Waals surface area contributed by atoms with E-state index < -0.39 is 0 Å². The molecule has 0 aliphatic carbocycles. The molecule has 2 aromatic heterocycles. The number of halogens is 1.